The van der Waals surface area contributed by atoms with Gasteiger partial charge in [0.25, 0.3) is 0 Å². The van der Waals surface area contributed by atoms with Crippen LogP contribution in [0.25, 0.3) is 0 Å². The molecule has 1 atom stereocenters. The highest BCUT2D eigenvalue weighted by Gasteiger charge is 2.18. The second kappa shape index (κ2) is 5.61. The van der Waals surface area contributed by atoms with Crippen LogP contribution >= 0.6 is 0 Å². The van der Waals surface area contributed by atoms with Crippen LogP contribution in [0.4, 0.5) is 4.39 Å². The molecule has 1 aromatic carbocycles. The van der Waals surface area contributed by atoms with E-state index in [2.05, 4.69) is 0 Å². The molecule has 0 aliphatic carbocycles. The van der Waals surface area contributed by atoms with Crippen molar-refractivity contribution >= 4 is 0 Å². The van der Waals surface area contributed by atoms with Crippen LogP contribution in [-0.4, -0.2) is 17.8 Å². The van der Waals surface area contributed by atoms with Crippen LogP contribution in [0.1, 0.15) is 38.3 Å². The van der Waals surface area contributed by atoms with Crippen molar-refractivity contribution in [2.24, 2.45) is 5.73 Å². The Morgan fingerprint density at radius 2 is 2.00 bits per heavy atom. The van der Waals surface area contributed by atoms with Gasteiger partial charge in [-0.05, 0) is 35.4 Å². The third-order valence-electron chi connectivity index (χ3n) is 2.88. The zero-order chi connectivity index (χ0) is 13.1. The molecule has 0 aliphatic heterocycles. The van der Waals surface area contributed by atoms with Gasteiger partial charge in [-0.2, -0.15) is 0 Å². The standard InChI is InChI=1S/C14H22FNO/c1-14(2,3)12-8-10(5-7-13(12)15)4-6-11(17)9-16/h5,7-8,11,17H,4,6,9,16H2,1-3H3/t11-/m1/s1. The third-order valence-corrected chi connectivity index (χ3v) is 2.88. The number of rotatable bonds is 4. The number of aryl methyl sites for hydroxylation is 1. The number of aliphatic hydroxyl groups is 1. The first-order valence-electron chi connectivity index (χ1n) is 6.01. The van der Waals surface area contributed by atoms with Crippen molar-refractivity contribution in [2.75, 3.05) is 6.54 Å². The topological polar surface area (TPSA) is 46.2 Å². The van der Waals surface area contributed by atoms with Gasteiger partial charge in [0, 0.05) is 6.54 Å². The van der Waals surface area contributed by atoms with Gasteiger partial charge in [0.05, 0.1) is 6.10 Å². The smallest absolute Gasteiger partial charge is 0.126 e. The van der Waals surface area contributed by atoms with Crippen LogP contribution in [0, 0.1) is 5.82 Å². The number of hydrogen-bond donors (Lipinski definition) is 2. The summed E-state index contributed by atoms with van der Waals surface area (Å²) in [6.45, 7) is 6.24. The van der Waals surface area contributed by atoms with Gasteiger partial charge >= 0.3 is 0 Å². The molecule has 1 aromatic rings. The lowest BCUT2D eigenvalue weighted by molar-refractivity contribution is 0.173. The fraction of sp³-hybridized carbons (Fsp3) is 0.571. The predicted octanol–water partition coefficient (Wildman–Crippen LogP) is 2.38. The van der Waals surface area contributed by atoms with E-state index < -0.39 is 6.10 Å². The third kappa shape index (κ3) is 4.10. The van der Waals surface area contributed by atoms with Crippen LogP contribution in [0.3, 0.4) is 0 Å². The molecular formula is C14H22FNO. The molecule has 0 aliphatic rings. The maximum atomic E-state index is 13.7. The van der Waals surface area contributed by atoms with E-state index in [1.807, 2.05) is 26.8 Å². The first-order valence-corrected chi connectivity index (χ1v) is 6.01. The molecule has 17 heavy (non-hydrogen) atoms. The Hall–Kier alpha value is -0.930. The molecule has 0 fully saturated rings. The summed E-state index contributed by atoms with van der Waals surface area (Å²) >= 11 is 0. The molecule has 1 rings (SSSR count). The van der Waals surface area contributed by atoms with Crippen LogP contribution in [-0.2, 0) is 11.8 Å². The molecule has 3 heteroatoms. The molecule has 3 N–H and O–H groups in total. The fourth-order valence-electron chi connectivity index (χ4n) is 1.75. The molecule has 0 unspecified atom stereocenters. The zero-order valence-corrected chi connectivity index (χ0v) is 10.8. The summed E-state index contributed by atoms with van der Waals surface area (Å²) in [7, 11) is 0. The summed E-state index contributed by atoms with van der Waals surface area (Å²) in [5.74, 6) is -0.166. The number of benzene rings is 1. The number of aliphatic hydroxyl groups excluding tert-OH is 1. The minimum Gasteiger partial charge on any atom is -0.392 e. The minimum absolute atomic E-state index is 0.166. The van der Waals surface area contributed by atoms with E-state index in [0.29, 0.717) is 6.42 Å². The van der Waals surface area contributed by atoms with Gasteiger partial charge in [0.2, 0.25) is 0 Å². The molecule has 0 aromatic heterocycles. The van der Waals surface area contributed by atoms with Crippen molar-refractivity contribution in [3.05, 3.63) is 35.1 Å². The lowest BCUT2D eigenvalue weighted by Crippen LogP contribution is -2.20. The Balaban J connectivity index is 2.82. The quantitative estimate of drug-likeness (QED) is 0.847. The minimum atomic E-state index is -0.474. The summed E-state index contributed by atoms with van der Waals surface area (Å²) in [4.78, 5) is 0. The van der Waals surface area contributed by atoms with Crippen molar-refractivity contribution in [2.45, 2.75) is 45.1 Å². The van der Waals surface area contributed by atoms with Gasteiger partial charge in [0.15, 0.2) is 0 Å². The second-order valence-electron chi connectivity index (χ2n) is 5.49. The molecule has 0 amide bonds. The summed E-state index contributed by atoms with van der Waals surface area (Å²) in [6, 6.07) is 5.16. The van der Waals surface area contributed by atoms with Gasteiger partial charge in [-0.25, -0.2) is 4.39 Å². The predicted molar refractivity (Wildman–Crippen MR) is 68.5 cm³/mol. The molecule has 0 radical (unpaired) electrons. The van der Waals surface area contributed by atoms with Gasteiger partial charge in [-0.15, -0.1) is 0 Å². The lowest BCUT2D eigenvalue weighted by atomic mass is 9.85. The highest BCUT2D eigenvalue weighted by molar-refractivity contribution is 5.30. The number of hydrogen-bond acceptors (Lipinski definition) is 2. The van der Waals surface area contributed by atoms with Crippen molar-refractivity contribution in [3.8, 4) is 0 Å². The number of halogens is 1. The summed E-state index contributed by atoms with van der Waals surface area (Å²) < 4.78 is 13.7. The van der Waals surface area contributed by atoms with Crippen molar-refractivity contribution < 1.29 is 9.50 Å². The highest BCUT2D eigenvalue weighted by Crippen LogP contribution is 2.26. The summed E-state index contributed by atoms with van der Waals surface area (Å²) in [5.41, 5.74) is 6.91. The number of nitrogens with two attached hydrogens (primary N) is 1. The molecular weight excluding hydrogens is 217 g/mol. The van der Waals surface area contributed by atoms with Gasteiger partial charge in [0.1, 0.15) is 5.82 Å². The SMILES string of the molecule is CC(C)(C)c1cc(CC[C@@H](O)CN)ccc1F. The summed E-state index contributed by atoms with van der Waals surface area (Å²) in [6.07, 6.45) is 0.867. The van der Waals surface area contributed by atoms with Gasteiger partial charge in [-0.1, -0.05) is 32.9 Å². The maximum Gasteiger partial charge on any atom is 0.126 e. The van der Waals surface area contributed by atoms with Crippen LogP contribution in [0.5, 0.6) is 0 Å². The first-order chi connectivity index (χ1) is 7.84. The monoisotopic (exact) mass is 239 g/mol. The zero-order valence-electron chi connectivity index (χ0n) is 10.8. The van der Waals surface area contributed by atoms with E-state index in [9.17, 15) is 9.50 Å². The maximum absolute atomic E-state index is 13.7. The Labute approximate surface area is 103 Å². The Kier molecular flexibility index (Phi) is 4.66. The van der Waals surface area contributed by atoms with Crippen molar-refractivity contribution in [3.63, 3.8) is 0 Å². The molecule has 0 saturated heterocycles. The molecule has 96 valence electrons. The molecule has 0 spiro atoms. The molecule has 0 heterocycles. The second-order valence-corrected chi connectivity index (χ2v) is 5.49. The average Bonchev–Trinajstić information content (AvgIpc) is 2.26. The van der Waals surface area contributed by atoms with Crippen molar-refractivity contribution in [1.82, 2.24) is 0 Å². The van der Waals surface area contributed by atoms with Gasteiger partial charge < -0.3 is 10.8 Å². The van der Waals surface area contributed by atoms with Crippen LogP contribution in [0.2, 0.25) is 0 Å². The summed E-state index contributed by atoms with van der Waals surface area (Å²) in [5, 5.41) is 9.40. The first kappa shape index (κ1) is 14.1. The normalized spacial score (nSPS) is 13.8. The van der Waals surface area contributed by atoms with E-state index in [-0.39, 0.29) is 17.8 Å². The van der Waals surface area contributed by atoms with E-state index in [1.54, 1.807) is 6.07 Å². The fourth-order valence-corrected chi connectivity index (χ4v) is 1.75. The van der Waals surface area contributed by atoms with E-state index in [1.165, 1.54) is 6.07 Å². The molecule has 2 nitrogen and oxygen atoms in total. The largest absolute Gasteiger partial charge is 0.392 e. The van der Waals surface area contributed by atoms with E-state index >= 15 is 0 Å². The molecule has 0 saturated carbocycles. The Morgan fingerprint density at radius 3 is 2.53 bits per heavy atom. The van der Waals surface area contributed by atoms with Gasteiger partial charge in [-0.3, -0.25) is 0 Å². The van der Waals surface area contributed by atoms with E-state index in [4.69, 9.17) is 5.73 Å². The van der Waals surface area contributed by atoms with E-state index in [0.717, 1.165) is 17.5 Å². The molecule has 0 bridgehead atoms. The average molecular weight is 239 g/mol. The highest BCUT2D eigenvalue weighted by atomic mass is 19.1. The Morgan fingerprint density at radius 1 is 1.35 bits per heavy atom. The van der Waals surface area contributed by atoms with Crippen LogP contribution in [0.15, 0.2) is 18.2 Å². The lowest BCUT2D eigenvalue weighted by Gasteiger charge is -2.21. The Bertz CT molecular complexity index is 371. The van der Waals surface area contributed by atoms with Crippen molar-refractivity contribution in [1.29, 1.82) is 0 Å². The van der Waals surface area contributed by atoms with Crippen LogP contribution < -0.4 is 5.73 Å².